The number of nitrogens with zero attached hydrogens (tertiary/aromatic N) is 2. The fourth-order valence-electron chi connectivity index (χ4n) is 2.99. The zero-order chi connectivity index (χ0) is 24.8. The van der Waals surface area contributed by atoms with Gasteiger partial charge in [0.05, 0.1) is 23.0 Å². The molecule has 1 saturated heterocycles. The molecule has 0 saturated carbocycles. The van der Waals surface area contributed by atoms with Crippen LogP contribution in [0.25, 0.3) is 6.08 Å². The molecular formula is C23H22N2O8S. The molecule has 1 aliphatic rings. The fourth-order valence-corrected chi connectivity index (χ4v) is 3.82. The number of non-ortho nitro benzene ring substituents is 1. The SMILES string of the molecule is COc1cc(/C=C2\SC(=O)N(CC(=O)OC(C)C)C2=O)ccc1OCc1ccc([N+](=O)[O-])cc1. The van der Waals surface area contributed by atoms with Crippen LogP contribution in [0.5, 0.6) is 11.5 Å². The van der Waals surface area contributed by atoms with Crippen molar-refractivity contribution in [2.24, 2.45) is 0 Å². The Kier molecular flexibility index (Phi) is 7.90. The number of nitro groups is 1. The van der Waals surface area contributed by atoms with Gasteiger partial charge in [0.25, 0.3) is 16.8 Å². The highest BCUT2D eigenvalue weighted by atomic mass is 32.2. The molecule has 34 heavy (non-hydrogen) atoms. The van der Waals surface area contributed by atoms with Crippen molar-refractivity contribution >= 4 is 40.6 Å². The largest absolute Gasteiger partial charge is 0.493 e. The lowest BCUT2D eigenvalue weighted by Gasteiger charge is -2.13. The first-order valence-electron chi connectivity index (χ1n) is 10.2. The van der Waals surface area contributed by atoms with Crippen molar-refractivity contribution in [3.8, 4) is 11.5 Å². The minimum atomic E-state index is -0.658. The quantitative estimate of drug-likeness (QED) is 0.222. The zero-order valence-corrected chi connectivity index (χ0v) is 19.5. The molecule has 11 heteroatoms. The summed E-state index contributed by atoms with van der Waals surface area (Å²) in [5.74, 6) is -0.402. The summed E-state index contributed by atoms with van der Waals surface area (Å²) < 4.78 is 16.1. The molecule has 1 aliphatic heterocycles. The maximum absolute atomic E-state index is 12.6. The Morgan fingerprint density at radius 3 is 2.47 bits per heavy atom. The summed E-state index contributed by atoms with van der Waals surface area (Å²) in [5, 5.41) is 10.2. The molecule has 178 valence electrons. The second kappa shape index (κ2) is 10.8. The normalized spacial score (nSPS) is 14.6. The van der Waals surface area contributed by atoms with Gasteiger partial charge in [-0.1, -0.05) is 6.07 Å². The number of methoxy groups -OCH3 is 1. The second-order valence-corrected chi connectivity index (χ2v) is 8.42. The highest BCUT2D eigenvalue weighted by molar-refractivity contribution is 8.18. The van der Waals surface area contributed by atoms with E-state index in [2.05, 4.69) is 0 Å². The molecule has 10 nitrogen and oxygen atoms in total. The van der Waals surface area contributed by atoms with Crippen LogP contribution in [-0.2, 0) is 20.9 Å². The number of carbonyl (C=O) groups is 3. The molecule has 0 atom stereocenters. The highest BCUT2D eigenvalue weighted by Crippen LogP contribution is 2.34. The summed E-state index contributed by atoms with van der Waals surface area (Å²) in [6.45, 7) is 3.08. The van der Waals surface area contributed by atoms with Crippen molar-refractivity contribution in [3.63, 3.8) is 0 Å². The predicted molar refractivity (Wildman–Crippen MR) is 124 cm³/mol. The van der Waals surface area contributed by atoms with E-state index < -0.39 is 28.6 Å². The molecule has 0 bridgehead atoms. The van der Waals surface area contributed by atoms with Crippen LogP contribution in [0.2, 0.25) is 0 Å². The van der Waals surface area contributed by atoms with E-state index in [-0.39, 0.29) is 23.3 Å². The number of hydrogen-bond acceptors (Lipinski definition) is 9. The monoisotopic (exact) mass is 486 g/mol. The van der Waals surface area contributed by atoms with Crippen LogP contribution in [0.4, 0.5) is 10.5 Å². The Balaban J connectivity index is 1.70. The van der Waals surface area contributed by atoms with E-state index in [1.54, 1.807) is 44.2 Å². The Bertz CT molecular complexity index is 1140. The number of imide groups is 1. The van der Waals surface area contributed by atoms with Crippen molar-refractivity contribution in [2.45, 2.75) is 26.6 Å². The number of nitro benzene ring substituents is 1. The lowest BCUT2D eigenvalue weighted by molar-refractivity contribution is -0.384. The summed E-state index contributed by atoms with van der Waals surface area (Å²) in [4.78, 5) is 47.9. The van der Waals surface area contributed by atoms with Crippen LogP contribution >= 0.6 is 11.8 Å². The summed E-state index contributed by atoms with van der Waals surface area (Å²) in [7, 11) is 1.46. The summed E-state index contributed by atoms with van der Waals surface area (Å²) in [5.41, 5.74) is 1.32. The van der Waals surface area contributed by atoms with E-state index in [4.69, 9.17) is 14.2 Å². The highest BCUT2D eigenvalue weighted by Gasteiger charge is 2.36. The molecule has 0 unspecified atom stereocenters. The molecule has 3 rings (SSSR count). The standard InChI is InChI=1S/C23H22N2O8S/c1-14(2)33-21(26)12-24-22(27)20(34-23(24)28)11-16-6-9-18(19(10-16)31-3)32-13-15-4-7-17(8-5-15)25(29)30/h4-11,14H,12-13H2,1-3H3/b20-11-. The second-order valence-electron chi connectivity index (χ2n) is 7.43. The topological polar surface area (TPSA) is 125 Å². The molecular weight excluding hydrogens is 464 g/mol. The van der Waals surface area contributed by atoms with Crippen molar-refractivity contribution in [1.29, 1.82) is 0 Å². The third-order valence-electron chi connectivity index (χ3n) is 4.55. The molecule has 1 fully saturated rings. The Hall–Kier alpha value is -3.86. The first-order valence-corrected chi connectivity index (χ1v) is 11.0. The van der Waals surface area contributed by atoms with Gasteiger partial charge in [0.1, 0.15) is 13.2 Å². The van der Waals surface area contributed by atoms with E-state index in [9.17, 15) is 24.5 Å². The molecule has 0 aromatic heterocycles. The lowest BCUT2D eigenvalue weighted by Crippen LogP contribution is -2.35. The number of carbonyl (C=O) groups excluding carboxylic acids is 3. The van der Waals surface area contributed by atoms with Gasteiger partial charge in [0.15, 0.2) is 11.5 Å². The van der Waals surface area contributed by atoms with E-state index >= 15 is 0 Å². The smallest absolute Gasteiger partial charge is 0.326 e. The van der Waals surface area contributed by atoms with Crippen molar-refractivity contribution in [1.82, 2.24) is 4.90 Å². The number of rotatable bonds is 9. The molecule has 0 aliphatic carbocycles. The van der Waals surface area contributed by atoms with Gasteiger partial charge in [-0.25, -0.2) is 0 Å². The van der Waals surface area contributed by atoms with Crippen LogP contribution in [0, 0.1) is 10.1 Å². The van der Waals surface area contributed by atoms with Crippen molar-refractivity contribution < 1.29 is 33.5 Å². The number of hydrogen-bond donors (Lipinski definition) is 0. The number of ether oxygens (including phenoxy) is 3. The third kappa shape index (κ3) is 6.13. The van der Waals surface area contributed by atoms with Crippen LogP contribution in [0.1, 0.15) is 25.0 Å². The molecule has 0 spiro atoms. The minimum Gasteiger partial charge on any atom is -0.493 e. The molecule has 0 N–H and O–H groups in total. The first kappa shape index (κ1) is 24.8. The predicted octanol–water partition coefficient (Wildman–Crippen LogP) is 4.17. The molecule has 2 amide bonds. The maximum atomic E-state index is 12.6. The van der Waals surface area contributed by atoms with Gasteiger partial charge < -0.3 is 14.2 Å². The van der Waals surface area contributed by atoms with Crippen LogP contribution in [0.15, 0.2) is 47.4 Å². The maximum Gasteiger partial charge on any atom is 0.326 e. The van der Waals surface area contributed by atoms with Gasteiger partial charge in [-0.2, -0.15) is 0 Å². The summed E-state index contributed by atoms with van der Waals surface area (Å²) in [6.07, 6.45) is 1.18. The zero-order valence-electron chi connectivity index (χ0n) is 18.7. The van der Waals surface area contributed by atoms with Gasteiger partial charge in [-0.15, -0.1) is 0 Å². The van der Waals surface area contributed by atoms with Gasteiger partial charge in [0.2, 0.25) is 0 Å². The average molecular weight is 487 g/mol. The van der Waals surface area contributed by atoms with Gasteiger partial charge in [-0.05, 0) is 67.1 Å². The minimum absolute atomic E-state index is 0.00749. The van der Waals surface area contributed by atoms with Crippen molar-refractivity contribution in [3.05, 3.63) is 68.6 Å². The van der Waals surface area contributed by atoms with Gasteiger partial charge >= 0.3 is 5.97 Å². The van der Waals surface area contributed by atoms with Crippen LogP contribution < -0.4 is 9.47 Å². The number of esters is 1. The average Bonchev–Trinajstić information content (AvgIpc) is 3.05. The number of benzene rings is 2. The molecule has 2 aromatic carbocycles. The third-order valence-corrected chi connectivity index (χ3v) is 5.46. The molecule has 2 aromatic rings. The summed E-state index contributed by atoms with van der Waals surface area (Å²) >= 11 is 0.737. The van der Waals surface area contributed by atoms with Crippen LogP contribution in [-0.4, -0.2) is 46.7 Å². The van der Waals surface area contributed by atoms with Gasteiger partial charge in [-0.3, -0.25) is 29.4 Å². The van der Waals surface area contributed by atoms with Crippen molar-refractivity contribution in [2.75, 3.05) is 13.7 Å². The lowest BCUT2D eigenvalue weighted by atomic mass is 10.1. The number of amides is 2. The Labute approximate surface area is 199 Å². The van der Waals surface area contributed by atoms with Gasteiger partial charge in [0, 0.05) is 12.1 Å². The summed E-state index contributed by atoms with van der Waals surface area (Å²) in [6, 6.07) is 11.0. The van der Waals surface area contributed by atoms with E-state index in [1.165, 1.54) is 25.3 Å². The fraction of sp³-hybridized carbons (Fsp3) is 0.261. The first-order chi connectivity index (χ1) is 16.2. The van der Waals surface area contributed by atoms with E-state index in [1.807, 2.05) is 0 Å². The molecule has 1 heterocycles. The number of thioether (sulfide) groups is 1. The Morgan fingerprint density at radius 2 is 1.85 bits per heavy atom. The van der Waals surface area contributed by atoms with E-state index in [0.717, 1.165) is 22.2 Å². The van der Waals surface area contributed by atoms with E-state index in [0.29, 0.717) is 17.1 Å². The molecule has 0 radical (unpaired) electrons. The van der Waals surface area contributed by atoms with Crippen LogP contribution in [0.3, 0.4) is 0 Å². The Morgan fingerprint density at radius 1 is 1.15 bits per heavy atom.